The first-order chi connectivity index (χ1) is 8.27. The molecule has 4 heteroatoms. The van der Waals surface area contributed by atoms with Crippen LogP contribution in [-0.4, -0.2) is 17.6 Å². The van der Waals surface area contributed by atoms with Crippen molar-refractivity contribution in [3.63, 3.8) is 0 Å². The summed E-state index contributed by atoms with van der Waals surface area (Å²) in [5.74, 6) is -0.277. The SMILES string of the molecule is Cc1ncsc1C(=O)OCCc1ccccc1. The molecule has 2 aromatic rings. The van der Waals surface area contributed by atoms with E-state index < -0.39 is 0 Å². The topological polar surface area (TPSA) is 39.2 Å². The summed E-state index contributed by atoms with van der Waals surface area (Å²) in [5.41, 5.74) is 3.56. The molecule has 0 amide bonds. The summed E-state index contributed by atoms with van der Waals surface area (Å²) in [4.78, 5) is 16.3. The van der Waals surface area contributed by atoms with Crippen LogP contribution < -0.4 is 0 Å². The van der Waals surface area contributed by atoms with Crippen LogP contribution >= 0.6 is 11.3 Å². The Morgan fingerprint density at radius 2 is 2.12 bits per heavy atom. The standard InChI is InChI=1S/C13H13NO2S/c1-10-12(17-9-14-10)13(15)16-8-7-11-5-3-2-4-6-11/h2-6,9H,7-8H2,1H3. The maximum absolute atomic E-state index is 11.7. The molecule has 1 aromatic heterocycles. The maximum Gasteiger partial charge on any atom is 0.350 e. The fourth-order valence-corrected chi connectivity index (χ4v) is 2.16. The van der Waals surface area contributed by atoms with Crippen molar-refractivity contribution in [2.75, 3.05) is 6.61 Å². The van der Waals surface area contributed by atoms with Crippen LogP contribution in [0.5, 0.6) is 0 Å². The second-order valence-electron chi connectivity index (χ2n) is 3.64. The van der Waals surface area contributed by atoms with E-state index in [4.69, 9.17) is 4.74 Å². The fraction of sp³-hybridized carbons (Fsp3) is 0.231. The molecule has 0 aliphatic heterocycles. The van der Waals surface area contributed by atoms with Gasteiger partial charge < -0.3 is 4.74 Å². The van der Waals surface area contributed by atoms with E-state index in [1.54, 1.807) is 5.51 Å². The second kappa shape index (κ2) is 5.59. The first-order valence-electron chi connectivity index (χ1n) is 5.38. The number of hydrogen-bond donors (Lipinski definition) is 0. The van der Waals surface area contributed by atoms with Crippen molar-refractivity contribution in [3.05, 3.63) is 52.0 Å². The third kappa shape index (κ3) is 3.14. The second-order valence-corrected chi connectivity index (χ2v) is 4.49. The summed E-state index contributed by atoms with van der Waals surface area (Å²) in [6.45, 7) is 2.21. The molecule has 17 heavy (non-hydrogen) atoms. The number of carbonyl (C=O) groups excluding carboxylic acids is 1. The number of aryl methyl sites for hydroxylation is 1. The summed E-state index contributed by atoms with van der Waals surface area (Å²) in [7, 11) is 0. The molecular formula is C13H13NO2S. The van der Waals surface area contributed by atoms with Gasteiger partial charge in [-0.05, 0) is 12.5 Å². The number of aromatic nitrogens is 1. The molecule has 0 atom stereocenters. The Hall–Kier alpha value is -1.68. The highest BCUT2D eigenvalue weighted by Gasteiger charge is 2.12. The molecule has 0 saturated heterocycles. The number of thiazole rings is 1. The van der Waals surface area contributed by atoms with Crippen LogP contribution in [0.3, 0.4) is 0 Å². The molecule has 0 bridgehead atoms. The number of benzene rings is 1. The summed E-state index contributed by atoms with van der Waals surface area (Å²) in [6.07, 6.45) is 0.741. The monoisotopic (exact) mass is 247 g/mol. The van der Waals surface area contributed by atoms with Crippen molar-refractivity contribution >= 4 is 17.3 Å². The minimum Gasteiger partial charge on any atom is -0.461 e. The average molecular weight is 247 g/mol. The van der Waals surface area contributed by atoms with Gasteiger partial charge >= 0.3 is 5.97 Å². The lowest BCUT2D eigenvalue weighted by Gasteiger charge is -2.03. The van der Waals surface area contributed by atoms with Gasteiger partial charge in [0.25, 0.3) is 0 Å². The van der Waals surface area contributed by atoms with Crippen LogP contribution in [0.2, 0.25) is 0 Å². The molecule has 0 spiro atoms. The van der Waals surface area contributed by atoms with E-state index in [2.05, 4.69) is 4.98 Å². The molecule has 88 valence electrons. The van der Waals surface area contributed by atoms with Gasteiger partial charge in [0, 0.05) is 6.42 Å². The number of nitrogens with zero attached hydrogens (tertiary/aromatic N) is 1. The predicted octanol–water partition coefficient (Wildman–Crippen LogP) is 2.85. The van der Waals surface area contributed by atoms with Crippen LogP contribution in [0, 0.1) is 6.92 Å². The van der Waals surface area contributed by atoms with E-state index in [0.29, 0.717) is 11.5 Å². The van der Waals surface area contributed by atoms with Crippen LogP contribution in [0.1, 0.15) is 20.9 Å². The van der Waals surface area contributed by atoms with E-state index in [1.165, 1.54) is 16.9 Å². The average Bonchev–Trinajstić information content (AvgIpc) is 2.77. The molecule has 3 nitrogen and oxygen atoms in total. The van der Waals surface area contributed by atoms with Crippen LogP contribution in [-0.2, 0) is 11.2 Å². The van der Waals surface area contributed by atoms with Crippen molar-refractivity contribution in [1.29, 1.82) is 0 Å². The van der Waals surface area contributed by atoms with Crippen molar-refractivity contribution in [2.24, 2.45) is 0 Å². The van der Waals surface area contributed by atoms with Crippen molar-refractivity contribution < 1.29 is 9.53 Å². The van der Waals surface area contributed by atoms with E-state index in [0.717, 1.165) is 12.1 Å². The Bertz CT molecular complexity index is 493. The van der Waals surface area contributed by atoms with E-state index in [9.17, 15) is 4.79 Å². The van der Waals surface area contributed by atoms with Crippen LogP contribution in [0.4, 0.5) is 0 Å². The number of rotatable bonds is 4. The Morgan fingerprint density at radius 1 is 1.35 bits per heavy atom. The minimum atomic E-state index is -0.277. The number of ether oxygens (including phenoxy) is 1. The van der Waals surface area contributed by atoms with Gasteiger partial charge in [-0.25, -0.2) is 9.78 Å². The predicted molar refractivity (Wildman–Crippen MR) is 67.3 cm³/mol. The lowest BCUT2D eigenvalue weighted by Crippen LogP contribution is -2.07. The highest BCUT2D eigenvalue weighted by atomic mass is 32.1. The summed E-state index contributed by atoms with van der Waals surface area (Å²) >= 11 is 1.32. The highest BCUT2D eigenvalue weighted by molar-refractivity contribution is 7.11. The number of carbonyl (C=O) groups is 1. The smallest absolute Gasteiger partial charge is 0.350 e. The van der Waals surface area contributed by atoms with Gasteiger partial charge in [-0.2, -0.15) is 0 Å². The molecule has 0 aliphatic rings. The quantitative estimate of drug-likeness (QED) is 0.780. The normalized spacial score (nSPS) is 10.2. The van der Waals surface area contributed by atoms with E-state index >= 15 is 0 Å². The Kier molecular flexibility index (Phi) is 3.88. The van der Waals surface area contributed by atoms with Gasteiger partial charge in [-0.3, -0.25) is 0 Å². The van der Waals surface area contributed by atoms with Crippen molar-refractivity contribution in [1.82, 2.24) is 4.98 Å². The lowest BCUT2D eigenvalue weighted by molar-refractivity contribution is 0.0514. The van der Waals surface area contributed by atoms with Gasteiger partial charge in [0.05, 0.1) is 17.8 Å². The first-order valence-corrected chi connectivity index (χ1v) is 6.26. The van der Waals surface area contributed by atoms with Crippen LogP contribution in [0.15, 0.2) is 35.8 Å². The zero-order valence-electron chi connectivity index (χ0n) is 9.55. The third-order valence-electron chi connectivity index (χ3n) is 2.40. The van der Waals surface area contributed by atoms with Gasteiger partial charge in [0.1, 0.15) is 4.88 Å². The van der Waals surface area contributed by atoms with Gasteiger partial charge in [-0.1, -0.05) is 30.3 Å². The first kappa shape index (κ1) is 11.8. The third-order valence-corrected chi connectivity index (χ3v) is 3.31. The largest absolute Gasteiger partial charge is 0.461 e. The highest BCUT2D eigenvalue weighted by Crippen LogP contribution is 2.13. The molecule has 0 unspecified atom stereocenters. The molecule has 0 fully saturated rings. The zero-order valence-corrected chi connectivity index (χ0v) is 10.4. The summed E-state index contributed by atoms with van der Waals surface area (Å²) < 4.78 is 5.20. The molecule has 2 rings (SSSR count). The van der Waals surface area contributed by atoms with E-state index in [-0.39, 0.29) is 5.97 Å². The molecule has 0 saturated carbocycles. The summed E-state index contributed by atoms with van der Waals surface area (Å²) in [5, 5.41) is 0. The van der Waals surface area contributed by atoms with E-state index in [1.807, 2.05) is 37.3 Å². The van der Waals surface area contributed by atoms with Crippen molar-refractivity contribution in [2.45, 2.75) is 13.3 Å². The van der Waals surface area contributed by atoms with Gasteiger partial charge in [-0.15, -0.1) is 11.3 Å². The Morgan fingerprint density at radius 3 is 2.76 bits per heavy atom. The molecular weight excluding hydrogens is 234 g/mol. The maximum atomic E-state index is 11.7. The fourth-order valence-electron chi connectivity index (χ4n) is 1.47. The number of esters is 1. The molecule has 0 radical (unpaired) electrons. The molecule has 1 heterocycles. The van der Waals surface area contributed by atoms with Gasteiger partial charge in [0.2, 0.25) is 0 Å². The minimum absolute atomic E-state index is 0.277. The Labute approximate surface area is 104 Å². The van der Waals surface area contributed by atoms with Crippen molar-refractivity contribution in [3.8, 4) is 0 Å². The zero-order chi connectivity index (χ0) is 12.1. The molecule has 1 aromatic carbocycles. The number of hydrogen-bond acceptors (Lipinski definition) is 4. The Balaban J connectivity index is 1.84. The summed E-state index contributed by atoms with van der Waals surface area (Å²) in [6, 6.07) is 9.96. The molecule has 0 aliphatic carbocycles. The van der Waals surface area contributed by atoms with Crippen LogP contribution in [0.25, 0.3) is 0 Å². The molecule has 0 N–H and O–H groups in total. The van der Waals surface area contributed by atoms with Gasteiger partial charge in [0.15, 0.2) is 0 Å². The lowest BCUT2D eigenvalue weighted by atomic mass is 10.2.